The number of benzene rings is 3. The second-order valence-electron chi connectivity index (χ2n) is 8.26. The molecule has 7 nitrogen and oxygen atoms in total. The van der Waals surface area contributed by atoms with Crippen LogP contribution in [-0.2, 0) is 11.2 Å². The third kappa shape index (κ3) is 4.33. The lowest BCUT2D eigenvalue weighted by Crippen LogP contribution is -2.24. The SMILES string of the molecule is Cc1nn(-c2ccccc2)c(C)c1C(=O)C(=O)Nc1ccc2nc(Cc3ccccc3F)[nH]c2c1. The summed E-state index contributed by atoms with van der Waals surface area (Å²) < 4.78 is 15.6. The Morgan fingerprint density at radius 1 is 1.00 bits per heavy atom. The van der Waals surface area contributed by atoms with Gasteiger partial charge in [0.15, 0.2) is 0 Å². The molecule has 0 saturated heterocycles. The van der Waals surface area contributed by atoms with Gasteiger partial charge in [0.25, 0.3) is 11.7 Å². The Bertz CT molecular complexity index is 1570. The molecule has 0 aliphatic carbocycles. The van der Waals surface area contributed by atoms with Gasteiger partial charge in [-0.2, -0.15) is 5.10 Å². The summed E-state index contributed by atoms with van der Waals surface area (Å²) in [6.45, 7) is 3.47. The lowest BCUT2D eigenvalue weighted by Gasteiger charge is -2.06. The molecule has 2 N–H and O–H groups in total. The number of imidazole rings is 1. The molecule has 35 heavy (non-hydrogen) atoms. The number of rotatable bonds is 6. The van der Waals surface area contributed by atoms with Crippen molar-refractivity contribution in [1.29, 1.82) is 0 Å². The molecule has 0 fully saturated rings. The maximum absolute atomic E-state index is 14.0. The van der Waals surface area contributed by atoms with Crippen molar-refractivity contribution in [3.05, 3.63) is 107 Å². The summed E-state index contributed by atoms with van der Waals surface area (Å²) in [5.74, 6) is -1.11. The van der Waals surface area contributed by atoms with E-state index < -0.39 is 11.7 Å². The Balaban J connectivity index is 1.35. The quantitative estimate of drug-likeness (QED) is 0.274. The number of anilines is 1. The van der Waals surface area contributed by atoms with E-state index in [2.05, 4.69) is 20.4 Å². The highest BCUT2D eigenvalue weighted by Gasteiger charge is 2.25. The number of hydrogen-bond acceptors (Lipinski definition) is 4. The van der Waals surface area contributed by atoms with Crippen LogP contribution < -0.4 is 5.32 Å². The van der Waals surface area contributed by atoms with Crippen LogP contribution in [0.1, 0.15) is 33.1 Å². The lowest BCUT2D eigenvalue weighted by atomic mass is 10.1. The monoisotopic (exact) mass is 467 g/mol. The van der Waals surface area contributed by atoms with Gasteiger partial charge in [0.2, 0.25) is 0 Å². The highest BCUT2D eigenvalue weighted by Crippen LogP contribution is 2.22. The topological polar surface area (TPSA) is 92.7 Å². The van der Waals surface area contributed by atoms with Gasteiger partial charge in [0.05, 0.1) is 33.7 Å². The highest BCUT2D eigenvalue weighted by molar-refractivity contribution is 6.47. The molecular formula is C27H22FN5O2. The zero-order valence-electron chi connectivity index (χ0n) is 19.2. The van der Waals surface area contributed by atoms with Crippen molar-refractivity contribution in [3.63, 3.8) is 0 Å². The number of aromatic amines is 1. The number of nitrogens with one attached hydrogen (secondary N) is 2. The molecule has 0 aliphatic rings. The van der Waals surface area contributed by atoms with Gasteiger partial charge in [-0.05, 0) is 55.8 Å². The van der Waals surface area contributed by atoms with E-state index in [0.717, 1.165) is 5.69 Å². The van der Waals surface area contributed by atoms with Crippen molar-refractivity contribution in [2.75, 3.05) is 5.32 Å². The van der Waals surface area contributed by atoms with Gasteiger partial charge in [0, 0.05) is 12.1 Å². The summed E-state index contributed by atoms with van der Waals surface area (Å²) in [5.41, 5.74) is 4.49. The van der Waals surface area contributed by atoms with Crippen molar-refractivity contribution in [1.82, 2.24) is 19.7 Å². The van der Waals surface area contributed by atoms with Crippen molar-refractivity contribution in [2.24, 2.45) is 0 Å². The molecule has 0 bridgehead atoms. The number of nitrogens with zero attached hydrogens (tertiary/aromatic N) is 3. The molecule has 2 aromatic heterocycles. The van der Waals surface area contributed by atoms with Gasteiger partial charge in [-0.3, -0.25) is 9.59 Å². The molecule has 2 heterocycles. The van der Waals surface area contributed by atoms with E-state index in [1.807, 2.05) is 30.3 Å². The summed E-state index contributed by atoms with van der Waals surface area (Å²) in [4.78, 5) is 33.5. The van der Waals surface area contributed by atoms with E-state index in [-0.39, 0.29) is 11.4 Å². The van der Waals surface area contributed by atoms with Gasteiger partial charge >= 0.3 is 0 Å². The molecule has 0 aliphatic heterocycles. The highest BCUT2D eigenvalue weighted by atomic mass is 19.1. The Labute approximate surface area is 200 Å². The molecule has 174 valence electrons. The fraction of sp³-hybridized carbons (Fsp3) is 0.111. The first-order chi connectivity index (χ1) is 16.9. The average molecular weight is 468 g/mol. The minimum absolute atomic E-state index is 0.279. The molecule has 0 radical (unpaired) electrons. The molecule has 8 heteroatoms. The predicted octanol–water partition coefficient (Wildman–Crippen LogP) is 4.92. The summed E-state index contributed by atoms with van der Waals surface area (Å²) >= 11 is 0. The summed E-state index contributed by atoms with van der Waals surface area (Å²) in [5, 5.41) is 7.12. The Morgan fingerprint density at radius 2 is 1.74 bits per heavy atom. The molecule has 1 amide bonds. The van der Waals surface area contributed by atoms with Crippen molar-refractivity contribution >= 4 is 28.4 Å². The number of fused-ring (bicyclic) bond motifs is 1. The number of para-hydroxylation sites is 1. The molecular weight excluding hydrogens is 445 g/mol. The second kappa shape index (κ2) is 8.98. The number of Topliss-reactive ketones (excluding diaryl/α,β-unsaturated/α-hetero) is 1. The molecule has 0 spiro atoms. The maximum Gasteiger partial charge on any atom is 0.296 e. The second-order valence-corrected chi connectivity index (χ2v) is 8.26. The number of aryl methyl sites for hydroxylation is 1. The summed E-state index contributed by atoms with van der Waals surface area (Å²) in [7, 11) is 0. The van der Waals surface area contributed by atoms with Crippen LogP contribution in [0.15, 0.2) is 72.8 Å². The Hall–Kier alpha value is -4.59. The van der Waals surface area contributed by atoms with Crippen molar-refractivity contribution in [2.45, 2.75) is 20.3 Å². The van der Waals surface area contributed by atoms with E-state index in [4.69, 9.17) is 0 Å². The molecule has 0 saturated carbocycles. The van der Waals surface area contributed by atoms with Crippen LogP contribution in [0, 0.1) is 19.7 Å². The first-order valence-electron chi connectivity index (χ1n) is 11.1. The first-order valence-corrected chi connectivity index (χ1v) is 11.1. The van der Waals surface area contributed by atoms with Gasteiger partial charge in [-0.1, -0.05) is 36.4 Å². The van der Waals surface area contributed by atoms with Crippen LogP contribution in [0.2, 0.25) is 0 Å². The van der Waals surface area contributed by atoms with Crippen LogP contribution >= 0.6 is 0 Å². The Kier molecular flexibility index (Phi) is 5.70. The smallest absolute Gasteiger partial charge is 0.296 e. The van der Waals surface area contributed by atoms with Gasteiger partial charge < -0.3 is 10.3 Å². The summed E-state index contributed by atoms with van der Waals surface area (Å²) in [6, 6.07) is 21.1. The standard InChI is InChI=1S/C27H22FN5O2/c1-16-25(17(2)33(32-16)20-9-4-3-5-10-20)26(34)27(35)29-19-12-13-22-23(15-19)31-24(30-22)14-18-8-6-7-11-21(18)28/h3-13,15H,14H2,1-2H3,(H,29,35)(H,30,31). The minimum Gasteiger partial charge on any atom is -0.342 e. The molecule has 0 atom stereocenters. The number of amides is 1. The molecule has 5 aromatic rings. The average Bonchev–Trinajstić information content (AvgIpc) is 3.39. The van der Waals surface area contributed by atoms with Crippen LogP contribution in [0.4, 0.5) is 10.1 Å². The van der Waals surface area contributed by atoms with Gasteiger partial charge in [0.1, 0.15) is 11.6 Å². The summed E-state index contributed by atoms with van der Waals surface area (Å²) in [6.07, 6.45) is 0.311. The van der Waals surface area contributed by atoms with E-state index >= 15 is 0 Å². The lowest BCUT2D eigenvalue weighted by molar-refractivity contribution is -0.112. The molecule has 5 rings (SSSR count). The predicted molar refractivity (Wildman–Crippen MR) is 131 cm³/mol. The minimum atomic E-state index is -0.755. The molecule has 0 unspecified atom stereocenters. The zero-order chi connectivity index (χ0) is 24.5. The fourth-order valence-corrected chi connectivity index (χ4v) is 4.14. The third-order valence-corrected chi connectivity index (χ3v) is 5.83. The number of aromatic nitrogens is 4. The van der Waals surface area contributed by atoms with E-state index in [0.29, 0.717) is 45.9 Å². The van der Waals surface area contributed by atoms with E-state index in [1.165, 1.54) is 6.07 Å². The first kappa shape index (κ1) is 22.2. The van der Waals surface area contributed by atoms with Crippen LogP contribution in [0.25, 0.3) is 16.7 Å². The number of carbonyl (C=O) groups excluding carboxylic acids is 2. The maximum atomic E-state index is 14.0. The molecule has 3 aromatic carbocycles. The number of carbonyl (C=O) groups is 2. The number of ketones is 1. The van der Waals surface area contributed by atoms with Crippen LogP contribution in [-0.4, -0.2) is 31.4 Å². The number of halogens is 1. The number of H-pyrrole nitrogens is 1. The van der Waals surface area contributed by atoms with Crippen molar-refractivity contribution < 1.29 is 14.0 Å². The third-order valence-electron chi connectivity index (χ3n) is 5.83. The van der Waals surface area contributed by atoms with Crippen molar-refractivity contribution in [3.8, 4) is 5.69 Å². The Morgan fingerprint density at radius 3 is 2.51 bits per heavy atom. The fourth-order valence-electron chi connectivity index (χ4n) is 4.14. The normalized spacial score (nSPS) is 11.1. The number of hydrogen-bond donors (Lipinski definition) is 2. The van der Waals surface area contributed by atoms with Crippen LogP contribution in [0.3, 0.4) is 0 Å². The van der Waals surface area contributed by atoms with Gasteiger partial charge in [-0.25, -0.2) is 14.1 Å². The van der Waals surface area contributed by atoms with E-state index in [9.17, 15) is 14.0 Å². The largest absolute Gasteiger partial charge is 0.342 e. The van der Waals surface area contributed by atoms with Gasteiger partial charge in [-0.15, -0.1) is 0 Å². The van der Waals surface area contributed by atoms with Crippen LogP contribution in [0.5, 0.6) is 0 Å². The zero-order valence-corrected chi connectivity index (χ0v) is 19.2. The van der Waals surface area contributed by atoms with E-state index in [1.54, 1.807) is 54.9 Å².